The standard InChI is InChI=1S/C16H28N2O3/c1-4-6-13-16(20)18(14(5-2)15(19)17-13)11(3)12-7-9-21-10-8-12/h11-14H,4-10H2,1-3H3,(H,17,19). The summed E-state index contributed by atoms with van der Waals surface area (Å²) in [5, 5.41) is 2.90. The number of carbonyl (C=O) groups excluding carboxylic acids is 2. The van der Waals surface area contributed by atoms with Gasteiger partial charge in [0.1, 0.15) is 12.1 Å². The first-order valence-corrected chi connectivity index (χ1v) is 8.30. The molecule has 2 heterocycles. The van der Waals surface area contributed by atoms with Crippen molar-refractivity contribution in [2.75, 3.05) is 13.2 Å². The van der Waals surface area contributed by atoms with E-state index in [1.807, 2.05) is 18.7 Å². The second kappa shape index (κ2) is 7.25. The predicted molar refractivity (Wildman–Crippen MR) is 80.8 cm³/mol. The van der Waals surface area contributed by atoms with E-state index in [1.165, 1.54) is 0 Å². The minimum atomic E-state index is -0.340. The lowest BCUT2D eigenvalue weighted by Crippen LogP contribution is -2.66. The van der Waals surface area contributed by atoms with E-state index >= 15 is 0 Å². The van der Waals surface area contributed by atoms with Crippen molar-refractivity contribution in [3.63, 3.8) is 0 Å². The maximum absolute atomic E-state index is 12.8. The van der Waals surface area contributed by atoms with Crippen molar-refractivity contribution in [3.05, 3.63) is 0 Å². The number of nitrogens with zero attached hydrogens (tertiary/aromatic N) is 1. The van der Waals surface area contributed by atoms with Crippen LogP contribution in [0.15, 0.2) is 0 Å². The first-order chi connectivity index (χ1) is 10.1. The summed E-state index contributed by atoms with van der Waals surface area (Å²) < 4.78 is 5.42. The fourth-order valence-corrected chi connectivity index (χ4v) is 3.57. The van der Waals surface area contributed by atoms with Gasteiger partial charge in [0.25, 0.3) is 0 Å². The van der Waals surface area contributed by atoms with E-state index in [0.717, 1.165) is 38.9 Å². The SMILES string of the molecule is CCCC1NC(=O)C(CC)N(C(C)C2CCOCC2)C1=O. The number of hydrogen-bond donors (Lipinski definition) is 1. The molecule has 5 nitrogen and oxygen atoms in total. The fourth-order valence-electron chi connectivity index (χ4n) is 3.57. The molecule has 120 valence electrons. The maximum atomic E-state index is 12.8. The van der Waals surface area contributed by atoms with E-state index in [0.29, 0.717) is 12.3 Å². The number of piperazine rings is 1. The Morgan fingerprint density at radius 2 is 1.95 bits per heavy atom. The Kier molecular flexibility index (Phi) is 5.62. The molecular formula is C16H28N2O3. The molecule has 2 rings (SSSR count). The highest BCUT2D eigenvalue weighted by molar-refractivity contribution is 5.97. The van der Waals surface area contributed by atoms with Gasteiger partial charge < -0.3 is 15.0 Å². The molecule has 2 aliphatic rings. The van der Waals surface area contributed by atoms with Gasteiger partial charge in [0, 0.05) is 19.3 Å². The Morgan fingerprint density at radius 1 is 1.29 bits per heavy atom. The summed E-state index contributed by atoms with van der Waals surface area (Å²) in [6, 6.07) is -0.548. The minimum absolute atomic E-state index is 0.00876. The van der Waals surface area contributed by atoms with Gasteiger partial charge in [-0.05, 0) is 38.5 Å². The van der Waals surface area contributed by atoms with Crippen LogP contribution >= 0.6 is 0 Å². The molecule has 0 aromatic heterocycles. The highest BCUT2D eigenvalue weighted by atomic mass is 16.5. The van der Waals surface area contributed by atoms with Gasteiger partial charge in [0.05, 0.1) is 0 Å². The van der Waals surface area contributed by atoms with Crippen LogP contribution in [0.5, 0.6) is 0 Å². The second-order valence-corrected chi connectivity index (χ2v) is 6.21. The Morgan fingerprint density at radius 3 is 2.52 bits per heavy atom. The highest BCUT2D eigenvalue weighted by Gasteiger charge is 2.43. The van der Waals surface area contributed by atoms with Crippen LogP contribution in [0.25, 0.3) is 0 Å². The second-order valence-electron chi connectivity index (χ2n) is 6.21. The molecule has 2 aliphatic heterocycles. The average Bonchev–Trinajstić information content (AvgIpc) is 2.50. The first kappa shape index (κ1) is 16.3. The van der Waals surface area contributed by atoms with Crippen LogP contribution in [0.4, 0.5) is 0 Å². The average molecular weight is 296 g/mol. The van der Waals surface area contributed by atoms with Gasteiger partial charge in [-0.3, -0.25) is 9.59 Å². The Hall–Kier alpha value is -1.10. The van der Waals surface area contributed by atoms with Crippen LogP contribution in [-0.2, 0) is 14.3 Å². The van der Waals surface area contributed by atoms with Crippen LogP contribution < -0.4 is 5.32 Å². The summed E-state index contributed by atoms with van der Waals surface area (Å²) in [7, 11) is 0. The zero-order valence-corrected chi connectivity index (χ0v) is 13.4. The fraction of sp³-hybridized carbons (Fsp3) is 0.875. The van der Waals surface area contributed by atoms with Crippen LogP contribution in [0.1, 0.15) is 52.9 Å². The van der Waals surface area contributed by atoms with Crippen molar-refractivity contribution >= 4 is 11.8 Å². The lowest BCUT2D eigenvalue weighted by atomic mass is 9.88. The molecular weight excluding hydrogens is 268 g/mol. The van der Waals surface area contributed by atoms with Gasteiger partial charge in [0.2, 0.25) is 11.8 Å². The molecule has 2 saturated heterocycles. The number of carbonyl (C=O) groups is 2. The molecule has 2 fully saturated rings. The summed E-state index contributed by atoms with van der Waals surface area (Å²) in [4.78, 5) is 27.0. The molecule has 0 radical (unpaired) electrons. The van der Waals surface area contributed by atoms with E-state index in [9.17, 15) is 9.59 Å². The molecule has 1 N–H and O–H groups in total. The Bertz CT molecular complexity index is 380. The molecule has 0 saturated carbocycles. The van der Waals surface area contributed by atoms with E-state index in [1.54, 1.807) is 0 Å². The Balaban J connectivity index is 2.17. The highest BCUT2D eigenvalue weighted by Crippen LogP contribution is 2.27. The summed E-state index contributed by atoms with van der Waals surface area (Å²) in [6.45, 7) is 7.63. The zero-order chi connectivity index (χ0) is 15.4. The van der Waals surface area contributed by atoms with E-state index in [2.05, 4.69) is 12.2 Å². The van der Waals surface area contributed by atoms with Crippen molar-refractivity contribution in [1.82, 2.24) is 10.2 Å². The van der Waals surface area contributed by atoms with Gasteiger partial charge in [-0.15, -0.1) is 0 Å². The third-order valence-electron chi connectivity index (χ3n) is 4.86. The predicted octanol–water partition coefficient (Wildman–Crippen LogP) is 1.71. The Labute approximate surface area is 127 Å². The first-order valence-electron chi connectivity index (χ1n) is 8.30. The number of rotatable bonds is 5. The monoisotopic (exact) mass is 296 g/mol. The molecule has 5 heteroatoms. The summed E-state index contributed by atoms with van der Waals surface area (Å²) in [5.41, 5.74) is 0. The third kappa shape index (κ3) is 3.39. The van der Waals surface area contributed by atoms with Crippen molar-refractivity contribution in [1.29, 1.82) is 0 Å². The zero-order valence-electron chi connectivity index (χ0n) is 13.4. The van der Waals surface area contributed by atoms with Crippen molar-refractivity contribution in [2.24, 2.45) is 5.92 Å². The van der Waals surface area contributed by atoms with Gasteiger partial charge in [-0.25, -0.2) is 0 Å². The van der Waals surface area contributed by atoms with Crippen LogP contribution in [-0.4, -0.2) is 48.1 Å². The number of hydrogen-bond acceptors (Lipinski definition) is 3. The lowest BCUT2D eigenvalue weighted by Gasteiger charge is -2.45. The van der Waals surface area contributed by atoms with Crippen LogP contribution in [0.2, 0.25) is 0 Å². The molecule has 3 atom stereocenters. The topological polar surface area (TPSA) is 58.6 Å². The smallest absolute Gasteiger partial charge is 0.246 e. The van der Waals surface area contributed by atoms with Gasteiger partial charge in [0.15, 0.2) is 0 Å². The number of nitrogens with one attached hydrogen (secondary N) is 1. The summed E-state index contributed by atoms with van der Waals surface area (Å²) >= 11 is 0. The molecule has 3 unspecified atom stereocenters. The molecule has 0 aromatic carbocycles. The molecule has 0 aromatic rings. The molecule has 0 bridgehead atoms. The van der Waals surface area contributed by atoms with Crippen molar-refractivity contribution < 1.29 is 14.3 Å². The molecule has 0 aliphatic carbocycles. The largest absolute Gasteiger partial charge is 0.381 e. The van der Waals surface area contributed by atoms with Crippen LogP contribution in [0.3, 0.4) is 0 Å². The van der Waals surface area contributed by atoms with E-state index < -0.39 is 0 Å². The number of ether oxygens (including phenoxy) is 1. The molecule has 21 heavy (non-hydrogen) atoms. The number of amides is 2. The molecule has 0 spiro atoms. The summed E-state index contributed by atoms with van der Waals surface area (Å²) in [6.07, 6.45) is 4.23. The van der Waals surface area contributed by atoms with E-state index in [4.69, 9.17) is 4.74 Å². The van der Waals surface area contributed by atoms with Gasteiger partial charge in [-0.1, -0.05) is 20.3 Å². The van der Waals surface area contributed by atoms with Crippen molar-refractivity contribution in [2.45, 2.75) is 71.0 Å². The minimum Gasteiger partial charge on any atom is -0.381 e. The van der Waals surface area contributed by atoms with Gasteiger partial charge >= 0.3 is 0 Å². The van der Waals surface area contributed by atoms with E-state index in [-0.39, 0.29) is 29.9 Å². The normalized spacial score (nSPS) is 29.4. The quantitative estimate of drug-likeness (QED) is 0.840. The molecule has 2 amide bonds. The summed E-state index contributed by atoms with van der Waals surface area (Å²) in [5.74, 6) is 0.543. The van der Waals surface area contributed by atoms with Gasteiger partial charge in [-0.2, -0.15) is 0 Å². The maximum Gasteiger partial charge on any atom is 0.246 e. The lowest BCUT2D eigenvalue weighted by molar-refractivity contribution is -0.154. The van der Waals surface area contributed by atoms with Crippen LogP contribution in [0, 0.1) is 5.92 Å². The van der Waals surface area contributed by atoms with Crippen molar-refractivity contribution in [3.8, 4) is 0 Å². The third-order valence-corrected chi connectivity index (χ3v) is 4.86.